The van der Waals surface area contributed by atoms with E-state index in [2.05, 4.69) is 48.4 Å². The van der Waals surface area contributed by atoms with Crippen LogP contribution in [0, 0.1) is 19.7 Å². The largest absolute Gasteiger partial charge is 0.490 e. The number of hydrogen-bond donors (Lipinski definition) is 1. The van der Waals surface area contributed by atoms with Crippen molar-refractivity contribution in [3.63, 3.8) is 0 Å². The SMILES string of the molecule is C=C(/C(C)=C/c1ccc(F)cc1C)N1CCOc2cc(C(=C3CCC3)N3CCCC(N)C3)cc(C)c21. The second-order valence-corrected chi connectivity index (χ2v) is 10.6. The third-order valence-electron chi connectivity index (χ3n) is 7.83. The average Bonchev–Trinajstić information content (AvgIpc) is 2.82. The van der Waals surface area contributed by atoms with E-state index in [0.717, 1.165) is 66.3 Å². The maximum absolute atomic E-state index is 13.6. The summed E-state index contributed by atoms with van der Waals surface area (Å²) in [5, 5.41) is 0. The third-order valence-corrected chi connectivity index (χ3v) is 7.83. The van der Waals surface area contributed by atoms with Crippen LogP contribution in [0.5, 0.6) is 5.75 Å². The number of ether oxygens (including phenoxy) is 1. The molecule has 4 nitrogen and oxygen atoms in total. The highest BCUT2D eigenvalue weighted by Crippen LogP contribution is 2.43. The minimum absolute atomic E-state index is 0.211. The molecule has 0 aromatic heterocycles. The summed E-state index contributed by atoms with van der Waals surface area (Å²) in [6.45, 7) is 14.0. The third kappa shape index (κ3) is 4.81. The highest BCUT2D eigenvalue weighted by molar-refractivity contribution is 5.78. The summed E-state index contributed by atoms with van der Waals surface area (Å²) < 4.78 is 19.8. The molecule has 0 amide bonds. The van der Waals surface area contributed by atoms with Crippen LogP contribution in [0.4, 0.5) is 10.1 Å². The molecule has 5 rings (SSSR count). The summed E-state index contributed by atoms with van der Waals surface area (Å²) in [6, 6.07) is 9.69. The van der Waals surface area contributed by atoms with Gasteiger partial charge in [0.15, 0.2) is 0 Å². The highest BCUT2D eigenvalue weighted by Gasteiger charge is 2.29. The quantitative estimate of drug-likeness (QED) is 0.484. The van der Waals surface area contributed by atoms with Crippen molar-refractivity contribution in [3.05, 3.63) is 81.8 Å². The Balaban J connectivity index is 1.48. The number of allylic oxidation sites excluding steroid dienone is 2. The Morgan fingerprint density at radius 3 is 2.61 bits per heavy atom. The van der Waals surface area contributed by atoms with Crippen LogP contribution in [0.1, 0.15) is 61.3 Å². The molecular formula is C31H38FN3O. The van der Waals surface area contributed by atoms with Crippen LogP contribution in [0.2, 0.25) is 0 Å². The zero-order valence-electron chi connectivity index (χ0n) is 21.9. The second-order valence-electron chi connectivity index (χ2n) is 10.6. The van der Waals surface area contributed by atoms with Crippen molar-refractivity contribution >= 4 is 17.5 Å². The van der Waals surface area contributed by atoms with Crippen LogP contribution in [-0.4, -0.2) is 37.2 Å². The van der Waals surface area contributed by atoms with Crippen molar-refractivity contribution in [3.8, 4) is 5.75 Å². The van der Waals surface area contributed by atoms with Gasteiger partial charge in [0.1, 0.15) is 18.2 Å². The van der Waals surface area contributed by atoms with Crippen molar-refractivity contribution < 1.29 is 9.13 Å². The molecule has 2 aliphatic heterocycles. The van der Waals surface area contributed by atoms with Gasteiger partial charge in [-0.25, -0.2) is 4.39 Å². The van der Waals surface area contributed by atoms with Gasteiger partial charge in [0.2, 0.25) is 0 Å². The van der Waals surface area contributed by atoms with Gasteiger partial charge in [-0.1, -0.05) is 12.6 Å². The molecule has 36 heavy (non-hydrogen) atoms. The van der Waals surface area contributed by atoms with E-state index in [1.54, 1.807) is 11.6 Å². The van der Waals surface area contributed by atoms with Gasteiger partial charge in [-0.2, -0.15) is 0 Å². The summed E-state index contributed by atoms with van der Waals surface area (Å²) in [5.41, 5.74) is 16.7. The van der Waals surface area contributed by atoms with E-state index < -0.39 is 0 Å². The lowest BCUT2D eigenvalue weighted by Gasteiger charge is -2.39. The van der Waals surface area contributed by atoms with Crippen LogP contribution in [0.3, 0.4) is 0 Å². The topological polar surface area (TPSA) is 41.7 Å². The minimum Gasteiger partial charge on any atom is -0.490 e. The van der Waals surface area contributed by atoms with Gasteiger partial charge in [-0.05, 0) is 111 Å². The Morgan fingerprint density at radius 2 is 1.92 bits per heavy atom. The van der Waals surface area contributed by atoms with Gasteiger partial charge in [-0.3, -0.25) is 0 Å². The molecule has 3 aliphatic rings. The molecule has 0 spiro atoms. The van der Waals surface area contributed by atoms with Crippen LogP contribution < -0.4 is 15.4 Å². The van der Waals surface area contributed by atoms with Gasteiger partial charge in [0.25, 0.3) is 0 Å². The summed E-state index contributed by atoms with van der Waals surface area (Å²) in [6.07, 6.45) is 7.96. The fraction of sp³-hybridized carbons (Fsp3) is 0.419. The molecule has 0 bridgehead atoms. The summed E-state index contributed by atoms with van der Waals surface area (Å²) in [7, 11) is 0. The molecule has 1 unspecified atom stereocenters. The number of benzene rings is 2. The maximum atomic E-state index is 13.6. The molecule has 190 valence electrons. The van der Waals surface area contributed by atoms with E-state index in [9.17, 15) is 4.39 Å². The van der Waals surface area contributed by atoms with Crippen molar-refractivity contribution in [1.29, 1.82) is 0 Å². The molecule has 2 fully saturated rings. The Bertz CT molecular complexity index is 1240. The van der Waals surface area contributed by atoms with E-state index in [0.29, 0.717) is 6.61 Å². The number of nitrogens with zero attached hydrogens (tertiary/aromatic N) is 2. The minimum atomic E-state index is -0.211. The number of rotatable bonds is 5. The first-order valence-electron chi connectivity index (χ1n) is 13.2. The van der Waals surface area contributed by atoms with Gasteiger partial charge in [0, 0.05) is 36.1 Å². The Kier molecular flexibility index (Phi) is 6.94. The predicted octanol–water partition coefficient (Wildman–Crippen LogP) is 6.58. The van der Waals surface area contributed by atoms with Crippen LogP contribution in [-0.2, 0) is 0 Å². The average molecular weight is 488 g/mol. The van der Waals surface area contributed by atoms with Crippen LogP contribution in [0.15, 0.2) is 53.8 Å². The Hall–Kier alpha value is -3.05. The van der Waals surface area contributed by atoms with Gasteiger partial charge in [-0.15, -0.1) is 0 Å². The number of nitrogens with two attached hydrogens (primary N) is 1. The summed E-state index contributed by atoms with van der Waals surface area (Å²) >= 11 is 0. The number of aryl methyl sites for hydroxylation is 2. The molecule has 2 aromatic rings. The van der Waals surface area contributed by atoms with Crippen molar-refractivity contribution in [1.82, 2.24) is 4.90 Å². The summed E-state index contributed by atoms with van der Waals surface area (Å²) in [4.78, 5) is 4.79. The van der Waals surface area contributed by atoms with E-state index in [4.69, 9.17) is 10.5 Å². The molecule has 2 heterocycles. The molecule has 1 aliphatic carbocycles. The van der Waals surface area contributed by atoms with E-state index in [1.807, 2.05) is 13.0 Å². The summed E-state index contributed by atoms with van der Waals surface area (Å²) in [5.74, 6) is 0.708. The van der Waals surface area contributed by atoms with Crippen molar-refractivity contribution in [2.45, 2.75) is 58.9 Å². The number of halogens is 1. The van der Waals surface area contributed by atoms with Crippen LogP contribution in [0.25, 0.3) is 11.8 Å². The first kappa shape index (κ1) is 24.6. The number of fused-ring (bicyclic) bond motifs is 1. The highest BCUT2D eigenvalue weighted by atomic mass is 19.1. The van der Waals surface area contributed by atoms with E-state index in [-0.39, 0.29) is 11.9 Å². The molecule has 1 saturated carbocycles. The number of piperidine rings is 1. The zero-order valence-corrected chi connectivity index (χ0v) is 21.9. The Labute approximate surface area is 214 Å². The zero-order chi connectivity index (χ0) is 25.4. The Morgan fingerprint density at radius 1 is 1.11 bits per heavy atom. The van der Waals surface area contributed by atoms with Crippen molar-refractivity contribution in [2.24, 2.45) is 5.73 Å². The van der Waals surface area contributed by atoms with Crippen molar-refractivity contribution in [2.75, 3.05) is 31.1 Å². The van der Waals surface area contributed by atoms with E-state index in [1.165, 1.54) is 42.2 Å². The molecule has 1 atom stereocenters. The van der Waals surface area contributed by atoms with Crippen LogP contribution >= 0.6 is 0 Å². The predicted molar refractivity (Wildman–Crippen MR) is 148 cm³/mol. The number of likely N-dealkylation sites (tertiary alicyclic amines) is 1. The lowest BCUT2D eigenvalue weighted by Crippen LogP contribution is -2.42. The normalized spacial score (nSPS) is 20.0. The molecule has 0 radical (unpaired) electrons. The van der Waals surface area contributed by atoms with E-state index >= 15 is 0 Å². The number of hydrogen-bond acceptors (Lipinski definition) is 4. The van der Waals surface area contributed by atoms with Gasteiger partial charge >= 0.3 is 0 Å². The maximum Gasteiger partial charge on any atom is 0.143 e. The first-order chi connectivity index (χ1) is 17.3. The number of anilines is 1. The lowest BCUT2D eigenvalue weighted by molar-refractivity contribution is 0.291. The molecule has 5 heteroatoms. The molecule has 2 aromatic carbocycles. The fourth-order valence-corrected chi connectivity index (χ4v) is 5.71. The van der Waals surface area contributed by atoms with Gasteiger partial charge in [0.05, 0.1) is 12.2 Å². The first-order valence-corrected chi connectivity index (χ1v) is 13.2. The molecular weight excluding hydrogens is 449 g/mol. The molecule has 1 saturated heterocycles. The molecule has 2 N–H and O–H groups in total. The monoisotopic (exact) mass is 487 g/mol. The second kappa shape index (κ2) is 10.1. The van der Waals surface area contributed by atoms with Gasteiger partial charge < -0.3 is 20.3 Å². The standard InChI is InChI=1S/C31H38FN3O/c1-20(15-25-10-11-27(32)17-21(25)2)23(4)35-13-14-36-29-18-26(16-22(3)30(29)35)31(24-7-5-8-24)34-12-6-9-28(33)19-34/h10-11,15-18,28H,4-9,12-14,19,33H2,1-3H3/b20-15+. The lowest BCUT2D eigenvalue weighted by atomic mass is 9.86. The smallest absolute Gasteiger partial charge is 0.143 e. The fourth-order valence-electron chi connectivity index (χ4n) is 5.71.